The van der Waals surface area contributed by atoms with Gasteiger partial charge in [-0.05, 0) is 37.3 Å². The molecule has 0 bridgehead atoms. The Morgan fingerprint density at radius 1 is 1.00 bits per heavy atom. The second-order valence-corrected chi connectivity index (χ2v) is 5.93. The van der Waals surface area contributed by atoms with Gasteiger partial charge in [0, 0.05) is 46.8 Å². The van der Waals surface area contributed by atoms with Crippen LogP contribution in [0.3, 0.4) is 0 Å². The van der Waals surface area contributed by atoms with E-state index in [1.165, 1.54) is 0 Å². The monoisotopic (exact) mass is 326 g/mol. The molecule has 5 aromatic rings. The number of aromatic amines is 1. The van der Waals surface area contributed by atoms with Crippen molar-refractivity contribution in [3.63, 3.8) is 0 Å². The van der Waals surface area contributed by atoms with Gasteiger partial charge >= 0.3 is 0 Å². The Bertz CT molecular complexity index is 1200. The number of hydrogen-bond acceptors (Lipinski definition) is 4. The van der Waals surface area contributed by atoms with Crippen molar-refractivity contribution in [3.8, 4) is 17.2 Å². The van der Waals surface area contributed by atoms with Gasteiger partial charge in [-0.3, -0.25) is 4.98 Å². The van der Waals surface area contributed by atoms with Crippen LogP contribution in [0.4, 0.5) is 0 Å². The molecule has 0 radical (unpaired) electrons. The number of nitrogens with one attached hydrogen (secondary N) is 1. The molecule has 0 unspecified atom stereocenters. The van der Waals surface area contributed by atoms with Gasteiger partial charge in [-0.25, -0.2) is 15.0 Å². The molecule has 0 saturated heterocycles. The van der Waals surface area contributed by atoms with E-state index in [-0.39, 0.29) is 0 Å². The SMILES string of the molecule is Cc1cc2c(-c3nc(-n4cccc4)c4ccncc4n3)ccnc2[nH]1. The highest BCUT2D eigenvalue weighted by molar-refractivity contribution is 5.94. The number of fused-ring (bicyclic) bond motifs is 2. The zero-order valence-electron chi connectivity index (χ0n) is 13.5. The van der Waals surface area contributed by atoms with Crippen LogP contribution in [0.25, 0.3) is 39.1 Å². The Hall–Kier alpha value is -3.54. The van der Waals surface area contributed by atoms with E-state index < -0.39 is 0 Å². The van der Waals surface area contributed by atoms with Crippen molar-refractivity contribution in [3.05, 3.63) is 67.0 Å². The molecule has 5 rings (SSSR count). The Labute approximate surface area is 143 Å². The first-order valence-corrected chi connectivity index (χ1v) is 7.99. The van der Waals surface area contributed by atoms with Gasteiger partial charge in [0.1, 0.15) is 11.5 Å². The maximum atomic E-state index is 4.86. The number of aromatic nitrogens is 6. The van der Waals surface area contributed by atoms with Crippen molar-refractivity contribution >= 4 is 21.9 Å². The smallest absolute Gasteiger partial charge is 0.163 e. The van der Waals surface area contributed by atoms with Gasteiger partial charge in [-0.1, -0.05) is 0 Å². The second kappa shape index (κ2) is 5.24. The van der Waals surface area contributed by atoms with Crippen LogP contribution in [0.1, 0.15) is 5.69 Å². The number of pyridine rings is 2. The highest BCUT2D eigenvalue weighted by atomic mass is 15.1. The Balaban J connectivity index is 1.85. The third kappa shape index (κ3) is 2.19. The molecule has 1 N–H and O–H groups in total. The van der Waals surface area contributed by atoms with Crippen LogP contribution in [0.2, 0.25) is 0 Å². The summed E-state index contributed by atoms with van der Waals surface area (Å²) in [5, 5.41) is 1.98. The minimum atomic E-state index is 0.663. The Kier molecular flexibility index (Phi) is 2.90. The van der Waals surface area contributed by atoms with Gasteiger partial charge in [-0.15, -0.1) is 0 Å². The van der Waals surface area contributed by atoms with E-state index in [0.29, 0.717) is 5.82 Å². The van der Waals surface area contributed by atoms with Crippen LogP contribution in [-0.4, -0.2) is 29.5 Å². The molecule has 0 fully saturated rings. The summed E-state index contributed by atoms with van der Waals surface area (Å²) in [5.74, 6) is 1.50. The molecule has 0 aliphatic rings. The normalized spacial score (nSPS) is 11.4. The van der Waals surface area contributed by atoms with Crippen molar-refractivity contribution in [2.45, 2.75) is 6.92 Å². The lowest BCUT2D eigenvalue weighted by Crippen LogP contribution is -2.01. The number of hydrogen-bond donors (Lipinski definition) is 1. The predicted molar refractivity (Wildman–Crippen MR) is 96.5 cm³/mol. The van der Waals surface area contributed by atoms with Crippen molar-refractivity contribution < 1.29 is 0 Å². The first-order chi connectivity index (χ1) is 12.3. The summed E-state index contributed by atoms with van der Waals surface area (Å²) in [6.45, 7) is 2.02. The molecule has 0 amide bonds. The summed E-state index contributed by atoms with van der Waals surface area (Å²) in [5.41, 5.74) is 3.66. The van der Waals surface area contributed by atoms with Crippen molar-refractivity contribution in [2.24, 2.45) is 0 Å². The summed E-state index contributed by atoms with van der Waals surface area (Å²) < 4.78 is 1.99. The van der Waals surface area contributed by atoms with Crippen LogP contribution in [0, 0.1) is 6.92 Å². The lowest BCUT2D eigenvalue weighted by Gasteiger charge is -2.10. The lowest BCUT2D eigenvalue weighted by molar-refractivity contribution is 1.01. The van der Waals surface area contributed by atoms with Crippen molar-refractivity contribution in [1.29, 1.82) is 0 Å². The summed E-state index contributed by atoms with van der Waals surface area (Å²) in [7, 11) is 0. The van der Waals surface area contributed by atoms with Crippen LogP contribution in [0.15, 0.2) is 61.3 Å². The third-order valence-electron chi connectivity index (χ3n) is 4.24. The van der Waals surface area contributed by atoms with E-state index in [9.17, 15) is 0 Å². The quantitative estimate of drug-likeness (QED) is 0.537. The molecule has 6 nitrogen and oxygen atoms in total. The van der Waals surface area contributed by atoms with Gasteiger partial charge in [-0.2, -0.15) is 0 Å². The average molecular weight is 326 g/mol. The molecule has 0 aliphatic heterocycles. The summed E-state index contributed by atoms with van der Waals surface area (Å²) >= 11 is 0. The van der Waals surface area contributed by atoms with Gasteiger partial charge < -0.3 is 9.55 Å². The molecule has 0 aliphatic carbocycles. The molecule has 0 spiro atoms. The number of nitrogens with zero attached hydrogens (tertiary/aromatic N) is 5. The van der Waals surface area contributed by atoms with E-state index in [1.54, 1.807) is 18.6 Å². The van der Waals surface area contributed by atoms with Crippen molar-refractivity contribution in [1.82, 2.24) is 29.5 Å². The third-order valence-corrected chi connectivity index (χ3v) is 4.24. The van der Waals surface area contributed by atoms with Gasteiger partial charge in [0.25, 0.3) is 0 Å². The van der Waals surface area contributed by atoms with Gasteiger partial charge in [0.2, 0.25) is 0 Å². The minimum Gasteiger partial charge on any atom is -0.344 e. The summed E-state index contributed by atoms with van der Waals surface area (Å²) in [6.07, 6.45) is 9.27. The van der Waals surface area contributed by atoms with E-state index in [2.05, 4.69) is 21.0 Å². The van der Waals surface area contributed by atoms with Crippen LogP contribution in [-0.2, 0) is 0 Å². The molecule has 120 valence electrons. The van der Waals surface area contributed by atoms with E-state index in [0.717, 1.165) is 39.0 Å². The molecule has 0 aromatic carbocycles. The largest absolute Gasteiger partial charge is 0.344 e. The Morgan fingerprint density at radius 2 is 1.88 bits per heavy atom. The number of aryl methyl sites for hydroxylation is 1. The molecule has 0 saturated carbocycles. The molecular weight excluding hydrogens is 312 g/mol. The molecule has 5 heterocycles. The zero-order valence-corrected chi connectivity index (χ0v) is 13.5. The van der Waals surface area contributed by atoms with Gasteiger partial charge in [0.05, 0.1) is 11.7 Å². The standard InChI is InChI=1S/C19H14N6/c1-12-10-15-13(5-7-21-17(15)22-12)18-23-16-11-20-6-4-14(16)19(24-18)25-8-2-3-9-25/h2-11H,1H3,(H,21,22). The second-order valence-electron chi connectivity index (χ2n) is 5.93. The fraction of sp³-hybridized carbons (Fsp3) is 0.0526. The highest BCUT2D eigenvalue weighted by Gasteiger charge is 2.14. The fourth-order valence-corrected chi connectivity index (χ4v) is 3.11. The van der Waals surface area contributed by atoms with Crippen LogP contribution in [0.5, 0.6) is 0 Å². The molecule has 6 heteroatoms. The van der Waals surface area contributed by atoms with E-state index in [4.69, 9.17) is 9.97 Å². The van der Waals surface area contributed by atoms with E-state index >= 15 is 0 Å². The summed E-state index contributed by atoms with van der Waals surface area (Å²) in [4.78, 5) is 21.5. The fourth-order valence-electron chi connectivity index (χ4n) is 3.11. The predicted octanol–water partition coefficient (Wildman–Crippen LogP) is 3.67. The molecule has 0 atom stereocenters. The maximum absolute atomic E-state index is 4.86. The van der Waals surface area contributed by atoms with E-state index in [1.807, 2.05) is 48.1 Å². The van der Waals surface area contributed by atoms with Crippen LogP contribution < -0.4 is 0 Å². The number of rotatable bonds is 2. The maximum Gasteiger partial charge on any atom is 0.163 e. The molecule has 5 aromatic heterocycles. The topological polar surface area (TPSA) is 72.3 Å². The zero-order chi connectivity index (χ0) is 16.8. The summed E-state index contributed by atoms with van der Waals surface area (Å²) in [6, 6.07) is 9.93. The highest BCUT2D eigenvalue weighted by Crippen LogP contribution is 2.28. The average Bonchev–Trinajstić information content (AvgIpc) is 3.29. The minimum absolute atomic E-state index is 0.663. The first-order valence-electron chi connectivity index (χ1n) is 7.99. The molecular formula is C19H14N6. The lowest BCUT2D eigenvalue weighted by atomic mass is 10.1. The number of H-pyrrole nitrogens is 1. The Morgan fingerprint density at radius 3 is 2.76 bits per heavy atom. The first kappa shape index (κ1) is 13.9. The molecule has 25 heavy (non-hydrogen) atoms. The van der Waals surface area contributed by atoms with Gasteiger partial charge in [0.15, 0.2) is 5.82 Å². The van der Waals surface area contributed by atoms with Crippen molar-refractivity contribution in [2.75, 3.05) is 0 Å². The van der Waals surface area contributed by atoms with Crippen LogP contribution >= 0.6 is 0 Å².